The number of carboxylic acid groups (broad SMARTS) is 1. The highest BCUT2D eigenvalue weighted by atomic mass is 19.4. The number of ether oxygens (including phenoxy) is 1. The van der Waals surface area contributed by atoms with Gasteiger partial charge >= 0.3 is 12.1 Å². The van der Waals surface area contributed by atoms with Gasteiger partial charge in [0.05, 0.1) is 6.61 Å². The lowest BCUT2D eigenvalue weighted by molar-refractivity contribution is -0.132. The Kier molecular flexibility index (Phi) is 6.09. The summed E-state index contributed by atoms with van der Waals surface area (Å²) in [5.41, 5.74) is -1.02. The zero-order valence-corrected chi connectivity index (χ0v) is 10.7. The van der Waals surface area contributed by atoms with Crippen molar-refractivity contribution >= 4 is 5.97 Å². The van der Waals surface area contributed by atoms with E-state index in [1.807, 2.05) is 6.07 Å². The number of carboxylic acids is 1. The molecule has 0 aromatic heterocycles. The number of rotatable bonds is 7. The van der Waals surface area contributed by atoms with Crippen molar-refractivity contribution in [2.75, 3.05) is 6.61 Å². The Morgan fingerprint density at radius 2 is 1.85 bits per heavy atom. The number of allylic oxidation sites excluding steroid dienone is 1. The molecule has 0 amide bonds. The fraction of sp³-hybridized carbons (Fsp3) is 0.357. The van der Waals surface area contributed by atoms with E-state index in [-0.39, 0.29) is 18.9 Å². The molecule has 0 radical (unpaired) electrons. The van der Waals surface area contributed by atoms with E-state index in [0.717, 1.165) is 0 Å². The summed E-state index contributed by atoms with van der Waals surface area (Å²) in [5, 5.41) is 8.40. The summed E-state index contributed by atoms with van der Waals surface area (Å²) in [6, 6.07) is 8.94. The van der Waals surface area contributed by atoms with E-state index >= 15 is 0 Å². The van der Waals surface area contributed by atoms with Crippen LogP contribution < -0.4 is 4.74 Å². The molecule has 1 aromatic carbocycles. The fourth-order valence-corrected chi connectivity index (χ4v) is 1.57. The molecule has 110 valence electrons. The van der Waals surface area contributed by atoms with Crippen LogP contribution in [0.3, 0.4) is 0 Å². The van der Waals surface area contributed by atoms with Gasteiger partial charge in [0.2, 0.25) is 0 Å². The van der Waals surface area contributed by atoms with E-state index in [9.17, 15) is 18.0 Å². The summed E-state index contributed by atoms with van der Waals surface area (Å²) < 4.78 is 42.8. The van der Waals surface area contributed by atoms with Crippen molar-refractivity contribution in [3.05, 3.63) is 42.0 Å². The zero-order chi connectivity index (χ0) is 15.0. The molecule has 0 aliphatic carbocycles. The van der Waals surface area contributed by atoms with Gasteiger partial charge < -0.3 is 9.84 Å². The maximum Gasteiger partial charge on any atom is 0.412 e. The average Bonchev–Trinajstić information content (AvgIpc) is 2.36. The predicted octanol–water partition coefficient (Wildman–Crippen LogP) is 3.81. The largest absolute Gasteiger partial charge is 0.494 e. The Morgan fingerprint density at radius 3 is 2.40 bits per heavy atom. The Morgan fingerprint density at radius 1 is 1.20 bits per heavy atom. The molecule has 1 N–H and O–H groups in total. The quantitative estimate of drug-likeness (QED) is 0.613. The van der Waals surface area contributed by atoms with Crippen LogP contribution in [0.2, 0.25) is 0 Å². The Bertz CT molecular complexity index is 452. The lowest BCUT2D eigenvalue weighted by Crippen LogP contribution is -2.14. The summed E-state index contributed by atoms with van der Waals surface area (Å²) in [5.74, 6) is -0.928. The van der Waals surface area contributed by atoms with Gasteiger partial charge in [-0.1, -0.05) is 18.2 Å². The summed E-state index contributed by atoms with van der Waals surface area (Å²) in [4.78, 5) is 10.3. The third kappa shape index (κ3) is 6.26. The minimum atomic E-state index is -4.60. The molecule has 1 rings (SSSR count). The molecular formula is C14H15F3O3. The van der Waals surface area contributed by atoms with Crippen LogP contribution in [0, 0.1) is 0 Å². The third-order valence-corrected chi connectivity index (χ3v) is 2.51. The lowest BCUT2D eigenvalue weighted by atomic mass is 10.1. The molecule has 0 aliphatic rings. The van der Waals surface area contributed by atoms with Crippen molar-refractivity contribution in [3.63, 3.8) is 0 Å². The molecule has 0 heterocycles. The summed E-state index contributed by atoms with van der Waals surface area (Å²) in [6.45, 7) is 0.294. The molecule has 3 nitrogen and oxygen atoms in total. The van der Waals surface area contributed by atoms with Crippen molar-refractivity contribution in [1.82, 2.24) is 0 Å². The molecule has 0 saturated carbocycles. The monoisotopic (exact) mass is 288 g/mol. The number of aliphatic carboxylic acids is 1. The number of benzene rings is 1. The van der Waals surface area contributed by atoms with E-state index in [2.05, 4.69) is 0 Å². The standard InChI is InChI=1S/C14H15F3O3/c15-14(16,17)11(10-13(18)19)6-4-5-9-20-12-7-2-1-3-8-12/h1-3,7-8,10H,4-6,9H2,(H,18,19)/b11-10+. The number of para-hydroxylation sites is 1. The second-order valence-electron chi connectivity index (χ2n) is 4.12. The molecule has 0 bridgehead atoms. The highest BCUT2D eigenvalue weighted by molar-refractivity contribution is 5.80. The van der Waals surface area contributed by atoms with Crippen LogP contribution in [0.5, 0.6) is 5.75 Å². The van der Waals surface area contributed by atoms with Gasteiger partial charge in [-0.2, -0.15) is 13.2 Å². The first kappa shape index (κ1) is 16.1. The molecule has 0 aliphatic heterocycles. The van der Waals surface area contributed by atoms with Crippen LogP contribution in [-0.2, 0) is 4.79 Å². The number of alkyl halides is 3. The van der Waals surface area contributed by atoms with E-state index in [1.165, 1.54) is 0 Å². The van der Waals surface area contributed by atoms with Crippen LogP contribution in [0.25, 0.3) is 0 Å². The van der Waals surface area contributed by atoms with Gasteiger partial charge in [0.15, 0.2) is 0 Å². The van der Waals surface area contributed by atoms with Crippen LogP contribution in [0.1, 0.15) is 19.3 Å². The maximum absolute atomic E-state index is 12.5. The van der Waals surface area contributed by atoms with E-state index < -0.39 is 17.7 Å². The lowest BCUT2D eigenvalue weighted by Gasteiger charge is -2.11. The number of hydrogen-bond donors (Lipinski definition) is 1. The van der Waals surface area contributed by atoms with Crippen molar-refractivity contribution in [1.29, 1.82) is 0 Å². The molecule has 0 unspecified atom stereocenters. The van der Waals surface area contributed by atoms with Crippen molar-refractivity contribution in [2.24, 2.45) is 0 Å². The average molecular weight is 288 g/mol. The van der Waals surface area contributed by atoms with Crippen LogP contribution in [-0.4, -0.2) is 23.9 Å². The highest BCUT2D eigenvalue weighted by Gasteiger charge is 2.33. The van der Waals surface area contributed by atoms with Crippen LogP contribution in [0.4, 0.5) is 13.2 Å². The summed E-state index contributed by atoms with van der Waals surface area (Å²) >= 11 is 0. The summed E-state index contributed by atoms with van der Waals surface area (Å²) in [7, 11) is 0. The van der Waals surface area contributed by atoms with Crippen molar-refractivity contribution in [2.45, 2.75) is 25.4 Å². The van der Waals surface area contributed by atoms with Gasteiger partial charge in [-0.15, -0.1) is 0 Å². The number of unbranched alkanes of at least 4 members (excludes halogenated alkanes) is 1. The van der Waals surface area contributed by atoms with Crippen molar-refractivity contribution in [3.8, 4) is 5.75 Å². The minimum absolute atomic E-state index is 0.214. The van der Waals surface area contributed by atoms with Crippen LogP contribution >= 0.6 is 0 Å². The molecule has 0 fully saturated rings. The first-order valence-corrected chi connectivity index (χ1v) is 6.08. The zero-order valence-electron chi connectivity index (χ0n) is 10.7. The number of hydrogen-bond acceptors (Lipinski definition) is 2. The Labute approximate surface area is 114 Å². The molecule has 6 heteroatoms. The number of carbonyl (C=O) groups is 1. The highest BCUT2D eigenvalue weighted by Crippen LogP contribution is 2.29. The van der Waals surface area contributed by atoms with E-state index in [4.69, 9.17) is 9.84 Å². The van der Waals surface area contributed by atoms with Crippen LogP contribution in [0.15, 0.2) is 42.0 Å². The van der Waals surface area contributed by atoms with E-state index in [1.54, 1.807) is 24.3 Å². The molecule has 1 aromatic rings. The van der Waals surface area contributed by atoms with Crippen molar-refractivity contribution < 1.29 is 27.8 Å². The van der Waals surface area contributed by atoms with E-state index in [0.29, 0.717) is 18.8 Å². The molecule has 0 saturated heterocycles. The summed E-state index contributed by atoms with van der Waals surface area (Å²) in [6.07, 6.45) is -4.07. The number of halogens is 3. The third-order valence-electron chi connectivity index (χ3n) is 2.51. The minimum Gasteiger partial charge on any atom is -0.494 e. The first-order valence-electron chi connectivity index (χ1n) is 6.08. The smallest absolute Gasteiger partial charge is 0.412 e. The topological polar surface area (TPSA) is 46.5 Å². The molecule has 0 atom stereocenters. The van der Waals surface area contributed by atoms with Gasteiger partial charge in [0.25, 0.3) is 0 Å². The first-order chi connectivity index (χ1) is 9.39. The SMILES string of the molecule is O=C(O)/C=C(\CCCCOc1ccccc1)C(F)(F)F. The molecule has 0 spiro atoms. The normalized spacial score (nSPS) is 12.2. The predicted molar refractivity (Wildman–Crippen MR) is 67.6 cm³/mol. The van der Waals surface area contributed by atoms with Gasteiger partial charge in [-0.05, 0) is 31.4 Å². The van der Waals surface area contributed by atoms with Gasteiger partial charge in [-0.25, -0.2) is 4.79 Å². The Hall–Kier alpha value is -1.98. The second kappa shape index (κ2) is 7.57. The molecule has 20 heavy (non-hydrogen) atoms. The van der Waals surface area contributed by atoms with Gasteiger partial charge in [0.1, 0.15) is 5.75 Å². The molecular weight excluding hydrogens is 273 g/mol. The Balaban J connectivity index is 2.33. The second-order valence-corrected chi connectivity index (χ2v) is 4.12. The maximum atomic E-state index is 12.5. The van der Waals surface area contributed by atoms with Gasteiger partial charge in [-0.3, -0.25) is 0 Å². The van der Waals surface area contributed by atoms with Gasteiger partial charge in [0, 0.05) is 11.6 Å². The fourth-order valence-electron chi connectivity index (χ4n) is 1.57.